The molecule has 0 saturated heterocycles. The van der Waals surface area contributed by atoms with Crippen LogP contribution in [0.2, 0.25) is 0 Å². The topological polar surface area (TPSA) is 91.7 Å². The second-order valence-electron chi connectivity index (χ2n) is 2.15. The largest absolute Gasteiger partial charge is 0.481 e. The standard InChI is InChI=1S/C6H8O5/c1-3(2-7)4(5(8)9)6(10)11/h2-4H,1H3,(H,8,9)(H,10,11). The van der Waals surface area contributed by atoms with Crippen LogP contribution in [0.5, 0.6) is 0 Å². The van der Waals surface area contributed by atoms with Crippen molar-refractivity contribution >= 4 is 18.2 Å². The maximum Gasteiger partial charge on any atom is 0.318 e. The van der Waals surface area contributed by atoms with E-state index in [-0.39, 0.29) is 0 Å². The fourth-order valence-electron chi connectivity index (χ4n) is 0.634. The molecule has 0 saturated carbocycles. The lowest BCUT2D eigenvalue weighted by Gasteiger charge is -2.08. The molecule has 62 valence electrons. The van der Waals surface area contributed by atoms with Crippen molar-refractivity contribution in [2.45, 2.75) is 6.92 Å². The Hall–Kier alpha value is -1.39. The van der Waals surface area contributed by atoms with Crippen LogP contribution in [0.4, 0.5) is 0 Å². The molecular formula is C6H8O5. The summed E-state index contributed by atoms with van der Waals surface area (Å²) in [4.78, 5) is 30.4. The Balaban J connectivity index is 4.46. The number of hydrogen-bond acceptors (Lipinski definition) is 3. The van der Waals surface area contributed by atoms with Crippen LogP contribution in [0.15, 0.2) is 0 Å². The van der Waals surface area contributed by atoms with Gasteiger partial charge in [0.2, 0.25) is 0 Å². The van der Waals surface area contributed by atoms with Crippen LogP contribution in [0.1, 0.15) is 6.92 Å². The predicted octanol–water partition coefficient (Wildman–Crippen LogP) is -0.393. The molecule has 0 amide bonds. The van der Waals surface area contributed by atoms with Crippen molar-refractivity contribution in [3.05, 3.63) is 0 Å². The summed E-state index contributed by atoms with van der Waals surface area (Å²) in [5.74, 6) is -5.60. The smallest absolute Gasteiger partial charge is 0.318 e. The van der Waals surface area contributed by atoms with Crippen LogP contribution in [0, 0.1) is 11.8 Å². The highest BCUT2D eigenvalue weighted by atomic mass is 16.4. The van der Waals surface area contributed by atoms with Gasteiger partial charge in [0.25, 0.3) is 0 Å². The SMILES string of the molecule is CC(C=O)C(C(=O)O)C(=O)O. The molecule has 0 aromatic carbocycles. The van der Waals surface area contributed by atoms with Gasteiger partial charge in [-0.3, -0.25) is 9.59 Å². The summed E-state index contributed by atoms with van der Waals surface area (Å²) in [6.45, 7) is 1.25. The minimum absolute atomic E-state index is 0.312. The van der Waals surface area contributed by atoms with Gasteiger partial charge in [-0.05, 0) is 0 Å². The zero-order chi connectivity index (χ0) is 9.02. The number of aliphatic carboxylic acids is 2. The molecule has 0 radical (unpaired) electrons. The molecular weight excluding hydrogens is 152 g/mol. The van der Waals surface area contributed by atoms with E-state index in [0.29, 0.717) is 6.29 Å². The minimum atomic E-state index is -1.63. The molecule has 0 fully saturated rings. The maximum absolute atomic E-state index is 10.2. The van der Waals surface area contributed by atoms with Crippen molar-refractivity contribution in [2.75, 3.05) is 0 Å². The third-order valence-corrected chi connectivity index (χ3v) is 1.27. The van der Waals surface area contributed by atoms with Crippen LogP contribution in [0.25, 0.3) is 0 Å². The molecule has 0 rings (SSSR count). The fourth-order valence-corrected chi connectivity index (χ4v) is 0.634. The van der Waals surface area contributed by atoms with Crippen molar-refractivity contribution in [1.82, 2.24) is 0 Å². The first-order valence-electron chi connectivity index (χ1n) is 2.91. The van der Waals surface area contributed by atoms with Gasteiger partial charge >= 0.3 is 11.9 Å². The van der Waals surface area contributed by atoms with E-state index >= 15 is 0 Å². The summed E-state index contributed by atoms with van der Waals surface area (Å²) in [6.07, 6.45) is 0.312. The first-order chi connectivity index (χ1) is 5.00. The van der Waals surface area contributed by atoms with Gasteiger partial charge in [0.1, 0.15) is 6.29 Å². The van der Waals surface area contributed by atoms with Gasteiger partial charge in [-0.2, -0.15) is 0 Å². The highest BCUT2D eigenvalue weighted by Gasteiger charge is 2.31. The third-order valence-electron chi connectivity index (χ3n) is 1.27. The van der Waals surface area contributed by atoms with Crippen molar-refractivity contribution in [1.29, 1.82) is 0 Å². The summed E-state index contributed by atoms with van der Waals surface area (Å²) in [7, 11) is 0. The number of carbonyl (C=O) groups excluding carboxylic acids is 1. The van der Waals surface area contributed by atoms with Crippen LogP contribution in [-0.2, 0) is 14.4 Å². The second-order valence-corrected chi connectivity index (χ2v) is 2.15. The third kappa shape index (κ3) is 2.37. The van der Waals surface area contributed by atoms with Crippen molar-refractivity contribution in [3.8, 4) is 0 Å². The highest BCUT2D eigenvalue weighted by Crippen LogP contribution is 2.09. The summed E-state index contributed by atoms with van der Waals surface area (Å²) in [6, 6.07) is 0. The summed E-state index contributed by atoms with van der Waals surface area (Å²) in [5, 5.41) is 16.6. The number of carboxylic acid groups (broad SMARTS) is 2. The molecule has 0 aromatic heterocycles. The molecule has 0 heterocycles. The van der Waals surface area contributed by atoms with Crippen LogP contribution >= 0.6 is 0 Å². The molecule has 5 heteroatoms. The molecule has 0 aromatic rings. The lowest BCUT2D eigenvalue weighted by molar-refractivity contribution is -0.157. The molecule has 5 nitrogen and oxygen atoms in total. The molecule has 1 unspecified atom stereocenters. The zero-order valence-corrected chi connectivity index (χ0v) is 5.85. The zero-order valence-electron chi connectivity index (χ0n) is 5.85. The number of rotatable bonds is 4. The van der Waals surface area contributed by atoms with Crippen molar-refractivity contribution in [2.24, 2.45) is 11.8 Å². The molecule has 0 spiro atoms. The van der Waals surface area contributed by atoms with Gasteiger partial charge < -0.3 is 15.0 Å². The molecule has 0 aliphatic rings. The van der Waals surface area contributed by atoms with Crippen LogP contribution in [0.3, 0.4) is 0 Å². The van der Waals surface area contributed by atoms with Crippen LogP contribution in [-0.4, -0.2) is 28.4 Å². The number of carbonyl (C=O) groups is 3. The summed E-state index contributed by atoms with van der Waals surface area (Å²) in [5.41, 5.74) is 0. The quantitative estimate of drug-likeness (QED) is 0.431. The van der Waals surface area contributed by atoms with Gasteiger partial charge in [0.05, 0.1) is 0 Å². The van der Waals surface area contributed by atoms with Gasteiger partial charge in [-0.25, -0.2) is 0 Å². The van der Waals surface area contributed by atoms with E-state index in [1.165, 1.54) is 6.92 Å². The van der Waals surface area contributed by atoms with E-state index < -0.39 is 23.8 Å². The maximum atomic E-state index is 10.2. The molecule has 0 aliphatic heterocycles. The highest BCUT2D eigenvalue weighted by molar-refractivity contribution is 5.95. The minimum Gasteiger partial charge on any atom is -0.481 e. The Morgan fingerprint density at radius 2 is 1.64 bits per heavy atom. The van der Waals surface area contributed by atoms with Crippen molar-refractivity contribution in [3.63, 3.8) is 0 Å². The Kier molecular flexibility index (Phi) is 3.23. The van der Waals surface area contributed by atoms with Gasteiger partial charge in [0, 0.05) is 5.92 Å². The lowest BCUT2D eigenvalue weighted by Crippen LogP contribution is -2.30. The van der Waals surface area contributed by atoms with E-state index in [4.69, 9.17) is 10.2 Å². The van der Waals surface area contributed by atoms with E-state index in [1.807, 2.05) is 0 Å². The molecule has 0 bridgehead atoms. The Morgan fingerprint density at radius 3 is 1.73 bits per heavy atom. The molecule has 1 atom stereocenters. The van der Waals surface area contributed by atoms with E-state index in [2.05, 4.69) is 0 Å². The Morgan fingerprint density at radius 1 is 1.27 bits per heavy atom. The molecule has 2 N–H and O–H groups in total. The monoisotopic (exact) mass is 160 g/mol. The number of hydrogen-bond donors (Lipinski definition) is 2. The normalized spacial score (nSPS) is 12.5. The van der Waals surface area contributed by atoms with E-state index in [9.17, 15) is 14.4 Å². The second kappa shape index (κ2) is 3.70. The average Bonchev–Trinajstić information content (AvgIpc) is 1.85. The van der Waals surface area contributed by atoms with Crippen molar-refractivity contribution < 1.29 is 24.6 Å². The summed E-state index contributed by atoms with van der Waals surface area (Å²) < 4.78 is 0. The van der Waals surface area contributed by atoms with E-state index in [0.717, 1.165) is 0 Å². The van der Waals surface area contributed by atoms with Crippen LogP contribution < -0.4 is 0 Å². The van der Waals surface area contributed by atoms with Gasteiger partial charge in [0.15, 0.2) is 5.92 Å². The Labute approximate surface area is 62.6 Å². The first kappa shape index (κ1) is 9.61. The lowest BCUT2D eigenvalue weighted by atomic mass is 9.96. The number of carboxylic acids is 2. The average molecular weight is 160 g/mol. The van der Waals surface area contributed by atoms with Gasteiger partial charge in [-0.15, -0.1) is 0 Å². The summed E-state index contributed by atoms with van der Waals surface area (Å²) >= 11 is 0. The van der Waals surface area contributed by atoms with E-state index in [1.54, 1.807) is 0 Å². The fraction of sp³-hybridized carbons (Fsp3) is 0.500. The Bertz CT molecular complexity index is 171. The molecule has 11 heavy (non-hydrogen) atoms. The predicted molar refractivity (Wildman–Crippen MR) is 34.0 cm³/mol. The molecule has 0 aliphatic carbocycles. The van der Waals surface area contributed by atoms with Gasteiger partial charge in [-0.1, -0.05) is 6.92 Å². The first-order valence-corrected chi connectivity index (χ1v) is 2.91. The number of aldehydes is 1.